The summed E-state index contributed by atoms with van der Waals surface area (Å²) < 4.78 is 0. The largest absolute Gasteiger partial charge is 0.276 e. The van der Waals surface area contributed by atoms with E-state index < -0.39 is 5.24 Å². The van der Waals surface area contributed by atoms with Crippen molar-refractivity contribution in [3.63, 3.8) is 0 Å². The highest BCUT2D eigenvalue weighted by Gasteiger charge is 2.07. The van der Waals surface area contributed by atoms with E-state index in [0.717, 1.165) is 6.42 Å². The van der Waals surface area contributed by atoms with Gasteiger partial charge in [0.25, 0.3) is 5.24 Å². The lowest BCUT2D eigenvalue weighted by molar-refractivity contribution is 0.108. The molecule has 0 saturated heterocycles. The highest BCUT2D eigenvalue weighted by molar-refractivity contribution is 6.68. The van der Waals surface area contributed by atoms with E-state index in [2.05, 4.69) is 6.92 Å². The van der Waals surface area contributed by atoms with Crippen molar-refractivity contribution >= 4 is 28.4 Å². The zero-order valence-electron chi connectivity index (χ0n) is 9.43. The Hall–Kier alpha value is -0.530. The lowest BCUT2D eigenvalue weighted by atomic mass is 10.0. The second kappa shape index (κ2) is 6.93. The Labute approximate surface area is 107 Å². The zero-order valence-corrected chi connectivity index (χ0v) is 10.9. The van der Waals surface area contributed by atoms with Crippen LogP contribution >= 0.6 is 23.2 Å². The third-order valence-corrected chi connectivity index (χ3v) is 3.08. The molecule has 0 amide bonds. The Morgan fingerprint density at radius 3 is 2.56 bits per heavy atom. The van der Waals surface area contributed by atoms with Crippen molar-refractivity contribution in [2.45, 2.75) is 39.0 Å². The molecule has 0 aliphatic rings. The maximum absolute atomic E-state index is 11.0. The minimum absolute atomic E-state index is 0.389. The molecule has 0 N–H and O–H groups in total. The molecule has 1 rings (SSSR count). The first-order valence-electron chi connectivity index (χ1n) is 5.63. The number of aryl methyl sites for hydroxylation is 1. The number of unbranched alkanes of at least 4 members (excludes halogenated alkanes) is 3. The van der Waals surface area contributed by atoms with Crippen molar-refractivity contribution in [1.82, 2.24) is 0 Å². The minimum Gasteiger partial charge on any atom is -0.276 e. The van der Waals surface area contributed by atoms with Gasteiger partial charge in [0, 0.05) is 0 Å². The van der Waals surface area contributed by atoms with E-state index >= 15 is 0 Å². The summed E-state index contributed by atoms with van der Waals surface area (Å²) in [5.74, 6) is 0. The standard InChI is InChI=1S/C13H16Cl2O/c1-2-3-4-5-6-10-7-8-11(13(15)16)12(14)9-10/h7-9H,2-6H2,1H3. The van der Waals surface area contributed by atoms with Gasteiger partial charge in [-0.1, -0.05) is 43.9 Å². The number of carbonyl (C=O) groups is 1. The fourth-order valence-corrected chi connectivity index (χ4v) is 2.13. The number of carbonyl (C=O) groups excluding carboxylic acids is 1. The Morgan fingerprint density at radius 1 is 1.25 bits per heavy atom. The van der Waals surface area contributed by atoms with Gasteiger partial charge in [0.05, 0.1) is 10.6 Å². The summed E-state index contributed by atoms with van der Waals surface area (Å²) in [7, 11) is 0. The van der Waals surface area contributed by atoms with E-state index in [-0.39, 0.29) is 0 Å². The smallest absolute Gasteiger partial charge is 0.253 e. The van der Waals surface area contributed by atoms with Crippen LogP contribution in [-0.4, -0.2) is 5.24 Å². The Bertz CT molecular complexity index is 361. The van der Waals surface area contributed by atoms with Gasteiger partial charge in [0.2, 0.25) is 0 Å². The van der Waals surface area contributed by atoms with Gasteiger partial charge in [-0.05, 0) is 42.1 Å². The van der Waals surface area contributed by atoms with Gasteiger partial charge in [0.1, 0.15) is 0 Å². The summed E-state index contributed by atoms with van der Waals surface area (Å²) in [6.45, 7) is 2.19. The van der Waals surface area contributed by atoms with Crippen LogP contribution in [0.2, 0.25) is 5.02 Å². The van der Waals surface area contributed by atoms with Crippen molar-refractivity contribution in [2.24, 2.45) is 0 Å². The normalized spacial score (nSPS) is 10.4. The second-order valence-corrected chi connectivity index (χ2v) is 4.65. The fraction of sp³-hybridized carbons (Fsp3) is 0.462. The fourth-order valence-electron chi connectivity index (χ4n) is 1.63. The molecule has 1 aromatic carbocycles. The number of halogens is 2. The summed E-state index contributed by atoms with van der Waals surface area (Å²) >= 11 is 11.3. The predicted molar refractivity (Wildman–Crippen MR) is 69.5 cm³/mol. The molecule has 0 aliphatic heterocycles. The zero-order chi connectivity index (χ0) is 12.0. The molecule has 0 spiro atoms. The molecule has 0 heterocycles. The molecule has 0 aliphatic carbocycles. The van der Waals surface area contributed by atoms with Gasteiger partial charge in [-0.15, -0.1) is 0 Å². The minimum atomic E-state index is -0.498. The van der Waals surface area contributed by atoms with Crippen LogP contribution in [0.1, 0.15) is 48.5 Å². The first-order chi connectivity index (χ1) is 7.65. The van der Waals surface area contributed by atoms with Gasteiger partial charge in [-0.2, -0.15) is 0 Å². The highest BCUT2D eigenvalue weighted by atomic mass is 35.5. The van der Waals surface area contributed by atoms with E-state index in [1.807, 2.05) is 12.1 Å². The number of hydrogen-bond donors (Lipinski definition) is 0. The van der Waals surface area contributed by atoms with Crippen LogP contribution in [0.3, 0.4) is 0 Å². The molecule has 0 radical (unpaired) electrons. The monoisotopic (exact) mass is 258 g/mol. The quantitative estimate of drug-likeness (QED) is 0.527. The van der Waals surface area contributed by atoms with Crippen LogP contribution in [0.25, 0.3) is 0 Å². The molecule has 0 atom stereocenters. The number of benzene rings is 1. The van der Waals surface area contributed by atoms with Gasteiger partial charge in [-0.25, -0.2) is 0 Å². The topological polar surface area (TPSA) is 17.1 Å². The van der Waals surface area contributed by atoms with E-state index in [1.54, 1.807) is 6.07 Å². The third-order valence-electron chi connectivity index (χ3n) is 2.56. The van der Waals surface area contributed by atoms with E-state index in [0.29, 0.717) is 10.6 Å². The lowest BCUT2D eigenvalue weighted by Crippen LogP contribution is -1.93. The summed E-state index contributed by atoms with van der Waals surface area (Å²) in [5, 5.41) is -0.0458. The van der Waals surface area contributed by atoms with Gasteiger partial charge < -0.3 is 0 Å². The molecule has 0 saturated carbocycles. The van der Waals surface area contributed by atoms with Crippen molar-refractivity contribution in [2.75, 3.05) is 0 Å². The van der Waals surface area contributed by atoms with Crippen LogP contribution in [-0.2, 0) is 6.42 Å². The first kappa shape index (κ1) is 13.5. The van der Waals surface area contributed by atoms with Gasteiger partial charge >= 0.3 is 0 Å². The van der Waals surface area contributed by atoms with Crippen LogP contribution in [0.5, 0.6) is 0 Å². The third kappa shape index (κ3) is 4.15. The number of rotatable bonds is 6. The van der Waals surface area contributed by atoms with Crippen LogP contribution in [0.4, 0.5) is 0 Å². The van der Waals surface area contributed by atoms with E-state index in [9.17, 15) is 4.79 Å². The van der Waals surface area contributed by atoms with Crippen LogP contribution in [0.15, 0.2) is 18.2 Å². The van der Waals surface area contributed by atoms with Crippen LogP contribution in [0, 0.1) is 0 Å². The summed E-state index contributed by atoms with van der Waals surface area (Å²) in [5.41, 5.74) is 1.56. The summed E-state index contributed by atoms with van der Waals surface area (Å²) in [4.78, 5) is 11.0. The lowest BCUT2D eigenvalue weighted by Gasteiger charge is -2.04. The molecule has 0 aromatic heterocycles. The predicted octanol–water partition coefficient (Wildman–Crippen LogP) is 4.84. The molecule has 16 heavy (non-hydrogen) atoms. The molecule has 0 bridgehead atoms. The highest BCUT2D eigenvalue weighted by Crippen LogP contribution is 2.20. The molecular formula is C13H16Cl2O. The molecule has 88 valence electrons. The molecule has 1 nitrogen and oxygen atoms in total. The molecule has 1 aromatic rings. The summed E-state index contributed by atoms with van der Waals surface area (Å²) in [6.07, 6.45) is 5.92. The van der Waals surface area contributed by atoms with Crippen molar-refractivity contribution in [3.8, 4) is 0 Å². The van der Waals surface area contributed by atoms with Crippen molar-refractivity contribution < 1.29 is 4.79 Å². The molecule has 0 unspecified atom stereocenters. The number of hydrogen-bond acceptors (Lipinski definition) is 1. The van der Waals surface area contributed by atoms with Gasteiger partial charge in [-0.3, -0.25) is 4.79 Å². The molecule has 3 heteroatoms. The summed E-state index contributed by atoms with van der Waals surface area (Å²) in [6, 6.07) is 5.46. The first-order valence-corrected chi connectivity index (χ1v) is 6.39. The van der Waals surface area contributed by atoms with Crippen molar-refractivity contribution in [1.29, 1.82) is 0 Å². The van der Waals surface area contributed by atoms with Crippen molar-refractivity contribution in [3.05, 3.63) is 34.3 Å². The SMILES string of the molecule is CCCCCCc1ccc(C(=O)Cl)c(Cl)c1. The Balaban J connectivity index is 2.56. The Morgan fingerprint density at radius 2 is 2.00 bits per heavy atom. The average molecular weight is 259 g/mol. The van der Waals surface area contributed by atoms with Gasteiger partial charge in [0.15, 0.2) is 0 Å². The van der Waals surface area contributed by atoms with E-state index in [1.165, 1.54) is 31.2 Å². The average Bonchev–Trinajstić information content (AvgIpc) is 2.24. The maximum atomic E-state index is 11.0. The molecular weight excluding hydrogens is 243 g/mol. The maximum Gasteiger partial charge on any atom is 0.253 e. The Kier molecular flexibility index (Phi) is 5.86. The van der Waals surface area contributed by atoms with E-state index in [4.69, 9.17) is 23.2 Å². The van der Waals surface area contributed by atoms with Crippen LogP contribution < -0.4 is 0 Å². The second-order valence-electron chi connectivity index (χ2n) is 3.90. The molecule has 0 fully saturated rings.